The molecule has 1 fully saturated rings. The highest BCUT2D eigenvalue weighted by molar-refractivity contribution is 5.64. The van der Waals surface area contributed by atoms with Crippen LogP contribution in [0.3, 0.4) is 0 Å². The fourth-order valence-corrected chi connectivity index (χ4v) is 2.65. The Bertz CT molecular complexity index is 478. The Hall–Kier alpha value is -1.49. The van der Waals surface area contributed by atoms with E-state index in [1.165, 1.54) is 0 Å². The Labute approximate surface area is 104 Å². The second-order valence-electron chi connectivity index (χ2n) is 6.13. The molecule has 0 saturated heterocycles. The van der Waals surface area contributed by atoms with E-state index in [2.05, 4.69) is 39.1 Å². The highest BCUT2D eigenvalue weighted by Gasteiger charge is 2.65. The number of para-hydroxylation sites is 1. The third kappa shape index (κ3) is 1.61. The third-order valence-electron chi connectivity index (χ3n) is 4.70. The van der Waals surface area contributed by atoms with Crippen LogP contribution in [0.4, 0.5) is 5.69 Å². The van der Waals surface area contributed by atoms with Gasteiger partial charge < -0.3 is 5.32 Å². The van der Waals surface area contributed by atoms with Crippen LogP contribution in [0.1, 0.15) is 38.8 Å². The van der Waals surface area contributed by atoms with Gasteiger partial charge in [0.15, 0.2) is 0 Å². The average molecular weight is 228 g/mol. The Balaban J connectivity index is 2.31. The predicted octanol–water partition coefficient (Wildman–Crippen LogP) is 3.71. The SMILES string of the molecule is Cc1cccc(C#N)c1NC1C(C)(C)C1(C)C. The maximum Gasteiger partial charge on any atom is 0.101 e. The van der Waals surface area contributed by atoms with E-state index in [0.717, 1.165) is 16.8 Å². The lowest BCUT2D eigenvalue weighted by Gasteiger charge is -2.12. The fraction of sp³-hybridized carbons (Fsp3) is 0.533. The molecule has 90 valence electrons. The van der Waals surface area contributed by atoms with Crippen LogP contribution in [0.5, 0.6) is 0 Å². The minimum Gasteiger partial charge on any atom is -0.380 e. The van der Waals surface area contributed by atoms with Crippen molar-refractivity contribution in [3.8, 4) is 6.07 Å². The Morgan fingerprint density at radius 3 is 2.24 bits per heavy atom. The van der Waals surface area contributed by atoms with E-state index in [-0.39, 0.29) is 10.8 Å². The average Bonchev–Trinajstić information content (AvgIpc) is 2.63. The maximum atomic E-state index is 9.15. The van der Waals surface area contributed by atoms with Crippen LogP contribution in [-0.2, 0) is 0 Å². The van der Waals surface area contributed by atoms with E-state index in [9.17, 15) is 0 Å². The van der Waals surface area contributed by atoms with Crippen LogP contribution in [-0.4, -0.2) is 6.04 Å². The summed E-state index contributed by atoms with van der Waals surface area (Å²) >= 11 is 0. The normalized spacial score (nSPS) is 20.7. The van der Waals surface area contributed by atoms with Gasteiger partial charge >= 0.3 is 0 Å². The number of nitrogens with zero attached hydrogens (tertiary/aromatic N) is 1. The van der Waals surface area contributed by atoms with Crippen LogP contribution < -0.4 is 5.32 Å². The number of aryl methyl sites for hydroxylation is 1. The summed E-state index contributed by atoms with van der Waals surface area (Å²) in [6.45, 7) is 11.1. The first-order valence-corrected chi connectivity index (χ1v) is 6.08. The van der Waals surface area contributed by atoms with Crippen molar-refractivity contribution < 1.29 is 0 Å². The van der Waals surface area contributed by atoms with Gasteiger partial charge in [-0.2, -0.15) is 5.26 Å². The molecule has 2 nitrogen and oxygen atoms in total. The van der Waals surface area contributed by atoms with Crippen molar-refractivity contribution in [1.29, 1.82) is 5.26 Å². The zero-order valence-corrected chi connectivity index (χ0v) is 11.3. The van der Waals surface area contributed by atoms with E-state index in [1.54, 1.807) is 0 Å². The van der Waals surface area contributed by atoms with Crippen molar-refractivity contribution in [2.45, 2.75) is 40.7 Å². The number of benzene rings is 1. The standard InChI is InChI=1S/C15H20N2/c1-10-7-6-8-11(9-16)12(10)17-13-14(2,3)15(13,4)5/h6-8,13,17H,1-5H3. The zero-order chi connectivity index (χ0) is 12.8. The van der Waals surface area contributed by atoms with Gasteiger partial charge in [-0.05, 0) is 29.4 Å². The number of anilines is 1. The van der Waals surface area contributed by atoms with Crippen molar-refractivity contribution in [2.75, 3.05) is 5.32 Å². The largest absolute Gasteiger partial charge is 0.380 e. The monoisotopic (exact) mass is 228 g/mol. The Kier molecular flexibility index (Phi) is 2.47. The minimum atomic E-state index is 0.280. The highest BCUT2D eigenvalue weighted by Crippen LogP contribution is 2.63. The first-order valence-electron chi connectivity index (χ1n) is 6.08. The molecule has 1 saturated carbocycles. The van der Waals surface area contributed by atoms with Crippen LogP contribution in [0.2, 0.25) is 0 Å². The van der Waals surface area contributed by atoms with E-state index in [1.807, 2.05) is 25.1 Å². The smallest absolute Gasteiger partial charge is 0.101 e. The molecule has 0 atom stereocenters. The van der Waals surface area contributed by atoms with Crippen molar-refractivity contribution in [3.05, 3.63) is 29.3 Å². The van der Waals surface area contributed by atoms with Gasteiger partial charge in [0, 0.05) is 6.04 Å². The molecule has 0 spiro atoms. The molecule has 0 radical (unpaired) electrons. The lowest BCUT2D eigenvalue weighted by atomic mass is 10.0. The van der Waals surface area contributed by atoms with Gasteiger partial charge in [-0.1, -0.05) is 39.8 Å². The molecule has 0 bridgehead atoms. The molecule has 0 aromatic heterocycles. The van der Waals surface area contributed by atoms with Gasteiger partial charge in [0.25, 0.3) is 0 Å². The van der Waals surface area contributed by atoms with Gasteiger partial charge in [0.2, 0.25) is 0 Å². The number of rotatable bonds is 2. The predicted molar refractivity (Wildman–Crippen MR) is 70.9 cm³/mol. The Morgan fingerprint density at radius 2 is 1.76 bits per heavy atom. The van der Waals surface area contributed by atoms with Gasteiger partial charge in [-0.3, -0.25) is 0 Å². The minimum absolute atomic E-state index is 0.280. The zero-order valence-electron chi connectivity index (χ0n) is 11.3. The van der Waals surface area contributed by atoms with E-state index in [4.69, 9.17) is 5.26 Å². The molecule has 0 aliphatic heterocycles. The lowest BCUT2D eigenvalue weighted by molar-refractivity contribution is 0.457. The summed E-state index contributed by atoms with van der Waals surface area (Å²) in [7, 11) is 0. The number of hydrogen-bond donors (Lipinski definition) is 1. The first kappa shape index (κ1) is 12.0. The molecule has 1 N–H and O–H groups in total. The second kappa shape index (κ2) is 3.50. The highest BCUT2D eigenvalue weighted by atomic mass is 15.0. The third-order valence-corrected chi connectivity index (χ3v) is 4.70. The van der Waals surface area contributed by atoms with Crippen LogP contribution >= 0.6 is 0 Å². The number of hydrogen-bond acceptors (Lipinski definition) is 2. The number of nitrogens with one attached hydrogen (secondary N) is 1. The van der Waals surface area contributed by atoms with Crippen LogP contribution in [0.15, 0.2) is 18.2 Å². The molecule has 0 unspecified atom stereocenters. The summed E-state index contributed by atoms with van der Waals surface area (Å²) in [5.41, 5.74) is 3.44. The molecule has 0 heterocycles. The summed E-state index contributed by atoms with van der Waals surface area (Å²) in [6.07, 6.45) is 0. The lowest BCUT2D eigenvalue weighted by Crippen LogP contribution is -2.12. The van der Waals surface area contributed by atoms with Crippen molar-refractivity contribution in [3.63, 3.8) is 0 Å². The topological polar surface area (TPSA) is 35.8 Å². The molecule has 1 aromatic rings. The summed E-state index contributed by atoms with van der Waals surface area (Å²) in [4.78, 5) is 0. The molecule has 2 heteroatoms. The van der Waals surface area contributed by atoms with Crippen molar-refractivity contribution in [2.24, 2.45) is 10.8 Å². The molecular weight excluding hydrogens is 208 g/mol. The fourth-order valence-electron chi connectivity index (χ4n) is 2.65. The van der Waals surface area contributed by atoms with Crippen molar-refractivity contribution >= 4 is 5.69 Å². The molecule has 1 aromatic carbocycles. The number of nitriles is 1. The molecular formula is C15H20N2. The Morgan fingerprint density at radius 1 is 1.18 bits per heavy atom. The van der Waals surface area contributed by atoms with Gasteiger partial charge in [-0.15, -0.1) is 0 Å². The first-order chi connectivity index (χ1) is 7.82. The molecule has 17 heavy (non-hydrogen) atoms. The van der Waals surface area contributed by atoms with Gasteiger partial charge in [0.1, 0.15) is 6.07 Å². The van der Waals surface area contributed by atoms with Crippen molar-refractivity contribution in [1.82, 2.24) is 0 Å². The summed E-state index contributed by atoms with van der Waals surface area (Å²) < 4.78 is 0. The summed E-state index contributed by atoms with van der Waals surface area (Å²) in [6, 6.07) is 8.55. The van der Waals surface area contributed by atoms with E-state index < -0.39 is 0 Å². The molecule has 1 aliphatic rings. The van der Waals surface area contributed by atoms with Gasteiger partial charge in [0.05, 0.1) is 11.3 Å². The van der Waals surface area contributed by atoms with Crippen LogP contribution in [0.25, 0.3) is 0 Å². The molecule has 1 aliphatic carbocycles. The summed E-state index contributed by atoms with van der Waals surface area (Å²) in [5, 5.41) is 12.7. The second-order valence-corrected chi connectivity index (χ2v) is 6.13. The molecule has 0 amide bonds. The van der Waals surface area contributed by atoms with Crippen LogP contribution in [0, 0.1) is 29.1 Å². The maximum absolute atomic E-state index is 9.15. The van der Waals surface area contributed by atoms with Gasteiger partial charge in [-0.25, -0.2) is 0 Å². The molecule has 2 rings (SSSR count). The van der Waals surface area contributed by atoms with E-state index in [0.29, 0.717) is 6.04 Å². The summed E-state index contributed by atoms with van der Waals surface area (Å²) in [5.74, 6) is 0. The van der Waals surface area contributed by atoms with E-state index >= 15 is 0 Å². The quantitative estimate of drug-likeness (QED) is 0.837.